The molecule has 0 aliphatic heterocycles. The molecule has 2 fully saturated rings. The van der Waals surface area contributed by atoms with E-state index in [1.165, 1.54) is 64.2 Å². The van der Waals surface area contributed by atoms with Gasteiger partial charge in [0.25, 0.3) is 0 Å². The molecule has 2 aliphatic carbocycles. The highest BCUT2D eigenvalue weighted by molar-refractivity contribution is 6.80. The maximum absolute atomic E-state index is 5.85. The molecule has 0 aromatic heterocycles. The van der Waals surface area contributed by atoms with Crippen molar-refractivity contribution in [3.05, 3.63) is 0 Å². The van der Waals surface area contributed by atoms with Crippen LogP contribution in [0, 0.1) is 11.8 Å². The number of rotatable bonds is 14. The van der Waals surface area contributed by atoms with Crippen LogP contribution in [0.5, 0.6) is 0 Å². The van der Waals surface area contributed by atoms with Crippen molar-refractivity contribution in [2.24, 2.45) is 11.8 Å². The Morgan fingerprint density at radius 3 is 1.70 bits per heavy atom. The lowest BCUT2D eigenvalue weighted by atomic mass is 9.99. The Morgan fingerprint density at radius 1 is 0.700 bits per heavy atom. The molecule has 0 amide bonds. The molecule has 0 heterocycles. The Morgan fingerprint density at radius 2 is 1.20 bits per heavy atom. The Labute approximate surface area is 191 Å². The van der Waals surface area contributed by atoms with Crippen LogP contribution >= 0.6 is 0 Å². The molecular weight excluding hydrogens is 380 g/mol. The molecule has 0 saturated heterocycles. The Hall–Kier alpha value is 0.177. The van der Waals surface area contributed by atoms with Gasteiger partial charge in [-0.3, -0.25) is 0 Å². The molecule has 0 N–H and O–H groups in total. The quantitative estimate of drug-likeness (QED) is 0.194. The van der Waals surface area contributed by atoms with E-state index in [1.54, 1.807) is 38.5 Å². The molecule has 1 nitrogen and oxygen atoms in total. The van der Waals surface area contributed by atoms with Crippen LogP contribution in [0.15, 0.2) is 0 Å². The minimum absolute atomic E-state index is 0.0317. The summed E-state index contributed by atoms with van der Waals surface area (Å²) in [6, 6.07) is 0. The van der Waals surface area contributed by atoms with Gasteiger partial charge in [-0.15, -0.1) is 0 Å². The Kier molecular flexibility index (Phi) is 11.5. The first-order valence-electron chi connectivity index (χ1n) is 13.9. The number of hydrogen-bond donors (Lipinski definition) is 0. The molecule has 0 bridgehead atoms. The highest BCUT2D eigenvalue weighted by atomic mass is 28.3. The first-order valence-corrected chi connectivity index (χ1v) is 17.0. The van der Waals surface area contributed by atoms with Crippen molar-refractivity contribution >= 4 is 8.07 Å². The lowest BCUT2D eigenvalue weighted by Gasteiger charge is -2.36. The van der Waals surface area contributed by atoms with Crippen LogP contribution in [0.25, 0.3) is 0 Å². The van der Waals surface area contributed by atoms with E-state index >= 15 is 0 Å². The zero-order chi connectivity index (χ0) is 22.0. The first kappa shape index (κ1) is 26.4. The van der Waals surface area contributed by atoms with Crippen LogP contribution in [0.3, 0.4) is 0 Å². The van der Waals surface area contributed by atoms with E-state index in [4.69, 9.17) is 4.74 Å². The topological polar surface area (TPSA) is 9.23 Å². The maximum Gasteiger partial charge on any atom is 0.0598 e. The molecule has 178 valence electrons. The van der Waals surface area contributed by atoms with Gasteiger partial charge in [-0.1, -0.05) is 103 Å². The van der Waals surface area contributed by atoms with Crippen LogP contribution < -0.4 is 0 Å². The van der Waals surface area contributed by atoms with Crippen LogP contribution in [0.4, 0.5) is 0 Å². The molecule has 0 radical (unpaired) electrons. The summed E-state index contributed by atoms with van der Waals surface area (Å²) in [5.41, 5.74) is 2.30. The molecule has 4 unspecified atom stereocenters. The average molecular weight is 437 g/mol. The first-order chi connectivity index (χ1) is 14.2. The van der Waals surface area contributed by atoms with Gasteiger partial charge < -0.3 is 4.74 Å². The number of unbranched alkanes of at least 4 members (excludes halogenated alkanes) is 6. The SMILES string of the molecule is CCCCCCC1CCC([Si](C)(C)C2CCC(CCCCCCOC(C)(C)C)C2)C1. The second kappa shape index (κ2) is 13.0. The van der Waals surface area contributed by atoms with Crippen LogP contribution in [-0.4, -0.2) is 20.3 Å². The third-order valence-corrected chi connectivity index (χ3v) is 14.0. The molecule has 2 saturated carbocycles. The van der Waals surface area contributed by atoms with E-state index in [0.29, 0.717) is 0 Å². The maximum atomic E-state index is 5.85. The van der Waals surface area contributed by atoms with E-state index < -0.39 is 8.07 Å². The average Bonchev–Trinajstić information content (AvgIpc) is 3.34. The van der Waals surface area contributed by atoms with E-state index in [0.717, 1.165) is 29.5 Å². The number of ether oxygens (including phenoxy) is 1. The number of hydrogen-bond acceptors (Lipinski definition) is 1. The summed E-state index contributed by atoms with van der Waals surface area (Å²) in [6.45, 7) is 15.3. The van der Waals surface area contributed by atoms with E-state index in [1.807, 2.05) is 0 Å². The summed E-state index contributed by atoms with van der Waals surface area (Å²) in [4.78, 5) is 0. The van der Waals surface area contributed by atoms with Gasteiger partial charge in [-0.2, -0.15) is 0 Å². The van der Waals surface area contributed by atoms with E-state index in [-0.39, 0.29) is 5.60 Å². The van der Waals surface area contributed by atoms with Crippen molar-refractivity contribution in [1.29, 1.82) is 0 Å². The van der Waals surface area contributed by atoms with Gasteiger partial charge in [0.05, 0.1) is 13.7 Å². The predicted molar refractivity (Wildman–Crippen MR) is 137 cm³/mol. The third kappa shape index (κ3) is 9.35. The molecular formula is C28H56OSi. The monoisotopic (exact) mass is 436 g/mol. The summed E-state index contributed by atoms with van der Waals surface area (Å²) >= 11 is 0. The van der Waals surface area contributed by atoms with Gasteiger partial charge in [0.1, 0.15) is 0 Å². The lowest BCUT2D eigenvalue weighted by Crippen LogP contribution is -2.36. The Balaban J connectivity index is 1.59. The summed E-state index contributed by atoms with van der Waals surface area (Å²) in [5, 5.41) is 0. The molecule has 2 rings (SSSR count). The van der Waals surface area contributed by atoms with E-state index in [2.05, 4.69) is 40.8 Å². The molecule has 0 aromatic carbocycles. The fourth-order valence-corrected chi connectivity index (χ4v) is 10.9. The van der Waals surface area contributed by atoms with Gasteiger partial charge in [0.2, 0.25) is 0 Å². The van der Waals surface area contributed by atoms with Crippen molar-refractivity contribution in [2.75, 3.05) is 6.61 Å². The summed E-state index contributed by atoms with van der Waals surface area (Å²) < 4.78 is 5.85. The van der Waals surface area contributed by atoms with Crippen LogP contribution in [0.1, 0.15) is 130 Å². The molecule has 30 heavy (non-hydrogen) atoms. The smallest absolute Gasteiger partial charge is 0.0598 e. The van der Waals surface area contributed by atoms with Gasteiger partial charge in [-0.05, 0) is 63.0 Å². The predicted octanol–water partition coefficient (Wildman–Crippen LogP) is 9.77. The zero-order valence-corrected chi connectivity index (χ0v) is 22.7. The second-order valence-corrected chi connectivity index (χ2v) is 17.9. The van der Waals surface area contributed by atoms with Gasteiger partial charge in [-0.25, -0.2) is 0 Å². The minimum Gasteiger partial charge on any atom is -0.376 e. The molecule has 0 spiro atoms. The summed E-state index contributed by atoms with van der Waals surface area (Å²) in [5.74, 6) is 2.14. The third-order valence-electron chi connectivity index (χ3n) is 8.69. The minimum atomic E-state index is -1.07. The molecule has 4 atom stereocenters. The normalized spacial score (nSPS) is 27.8. The standard InChI is InChI=1S/C28H56OSi/c1-7-8-9-12-15-24-17-19-26(22-24)30(5,6)27-20-18-25(23-27)16-13-10-11-14-21-29-28(2,3)4/h24-27H,7-23H2,1-6H3. The molecule has 0 aromatic rings. The lowest BCUT2D eigenvalue weighted by molar-refractivity contribution is -0.00476. The van der Waals surface area contributed by atoms with Crippen molar-refractivity contribution in [2.45, 2.75) is 160 Å². The van der Waals surface area contributed by atoms with Crippen molar-refractivity contribution in [1.82, 2.24) is 0 Å². The summed E-state index contributed by atoms with van der Waals surface area (Å²) in [6.07, 6.45) is 23.8. The van der Waals surface area contributed by atoms with Crippen LogP contribution in [-0.2, 0) is 4.74 Å². The fourth-order valence-electron chi connectivity index (χ4n) is 6.49. The van der Waals surface area contributed by atoms with Gasteiger partial charge in [0, 0.05) is 6.61 Å². The van der Waals surface area contributed by atoms with Gasteiger partial charge in [0.15, 0.2) is 0 Å². The zero-order valence-electron chi connectivity index (χ0n) is 21.7. The van der Waals surface area contributed by atoms with Crippen LogP contribution in [0.2, 0.25) is 24.2 Å². The largest absolute Gasteiger partial charge is 0.376 e. The van der Waals surface area contributed by atoms with E-state index in [9.17, 15) is 0 Å². The van der Waals surface area contributed by atoms with Crippen molar-refractivity contribution in [3.8, 4) is 0 Å². The summed E-state index contributed by atoms with van der Waals surface area (Å²) in [7, 11) is -1.07. The molecule has 2 heteroatoms. The molecule has 2 aliphatic rings. The fraction of sp³-hybridized carbons (Fsp3) is 1.00. The Bertz CT molecular complexity index is 452. The van der Waals surface area contributed by atoms with Crippen molar-refractivity contribution < 1.29 is 4.74 Å². The van der Waals surface area contributed by atoms with Gasteiger partial charge >= 0.3 is 0 Å². The highest BCUT2D eigenvalue weighted by Crippen LogP contribution is 2.53. The highest BCUT2D eigenvalue weighted by Gasteiger charge is 2.44. The van der Waals surface area contributed by atoms with Crippen molar-refractivity contribution in [3.63, 3.8) is 0 Å². The second-order valence-electron chi connectivity index (χ2n) is 12.6.